The molecule has 1 aliphatic rings. The molecule has 1 saturated heterocycles. The van der Waals surface area contributed by atoms with Gasteiger partial charge in [-0.3, -0.25) is 0 Å². The SMILES string of the molecule is CC.CC.CCNC1(CC)CCCCN(C)C1. The van der Waals surface area contributed by atoms with Crippen LogP contribution in [-0.2, 0) is 0 Å². The molecule has 106 valence electrons. The topological polar surface area (TPSA) is 15.3 Å². The predicted octanol–water partition coefficient (Wildman–Crippen LogP) is 3.91. The van der Waals surface area contributed by atoms with Gasteiger partial charge in [0.05, 0.1) is 0 Å². The van der Waals surface area contributed by atoms with Crippen molar-refractivity contribution in [3.63, 3.8) is 0 Å². The van der Waals surface area contributed by atoms with Gasteiger partial charge >= 0.3 is 0 Å². The fraction of sp³-hybridized carbons (Fsp3) is 1.00. The lowest BCUT2D eigenvalue weighted by atomic mass is 9.90. The lowest BCUT2D eigenvalue weighted by Gasteiger charge is -2.35. The highest BCUT2D eigenvalue weighted by molar-refractivity contribution is 4.90. The van der Waals surface area contributed by atoms with E-state index >= 15 is 0 Å². The van der Waals surface area contributed by atoms with Crippen LogP contribution in [0.4, 0.5) is 0 Å². The summed E-state index contributed by atoms with van der Waals surface area (Å²) in [6, 6.07) is 0. The molecule has 1 rings (SSSR count). The van der Waals surface area contributed by atoms with Gasteiger partial charge < -0.3 is 10.2 Å². The summed E-state index contributed by atoms with van der Waals surface area (Å²) in [6.07, 6.45) is 5.35. The molecular formula is C15H36N2. The molecule has 2 heteroatoms. The standard InChI is InChI=1S/C11H24N2.2C2H6/c1-4-11(12-5-2)8-6-7-9-13(3)10-11;2*1-2/h12H,4-10H2,1-3H3;2*1-2H3. The Labute approximate surface area is 110 Å². The third-order valence-electron chi connectivity index (χ3n) is 3.25. The van der Waals surface area contributed by atoms with Gasteiger partial charge in [-0.2, -0.15) is 0 Å². The van der Waals surface area contributed by atoms with E-state index in [2.05, 4.69) is 31.1 Å². The summed E-state index contributed by atoms with van der Waals surface area (Å²) in [5.74, 6) is 0. The fourth-order valence-electron chi connectivity index (χ4n) is 2.45. The van der Waals surface area contributed by atoms with Crippen molar-refractivity contribution < 1.29 is 0 Å². The second-order valence-electron chi connectivity index (χ2n) is 4.36. The van der Waals surface area contributed by atoms with Crippen molar-refractivity contribution in [1.82, 2.24) is 10.2 Å². The van der Waals surface area contributed by atoms with Crippen molar-refractivity contribution in [2.45, 2.75) is 72.8 Å². The molecule has 1 unspecified atom stereocenters. The number of hydrogen-bond acceptors (Lipinski definition) is 2. The molecule has 1 fully saturated rings. The van der Waals surface area contributed by atoms with E-state index in [1.165, 1.54) is 38.8 Å². The van der Waals surface area contributed by atoms with E-state index in [-0.39, 0.29) is 0 Å². The maximum absolute atomic E-state index is 3.68. The molecule has 2 nitrogen and oxygen atoms in total. The normalized spacial score (nSPS) is 24.9. The number of likely N-dealkylation sites (N-methyl/N-ethyl adjacent to an activating group) is 2. The molecule has 1 N–H and O–H groups in total. The number of hydrogen-bond donors (Lipinski definition) is 1. The Morgan fingerprint density at radius 3 is 2.12 bits per heavy atom. The van der Waals surface area contributed by atoms with E-state index in [9.17, 15) is 0 Å². The van der Waals surface area contributed by atoms with Gasteiger partial charge in [0.25, 0.3) is 0 Å². The second kappa shape index (κ2) is 12.4. The summed E-state index contributed by atoms with van der Waals surface area (Å²) in [4.78, 5) is 2.47. The maximum atomic E-state index is 3.68. The van der Waals surface area contributed by atoms with Gasteiger partial charge in [-0.25, -0.2) is 0 Å². The van der Waals surface area contributed by atoms with Crippen molar-refractivity contribution in [3.8, 4) is 0 Å². The summed E-state index contributed by atoms with van der Waals surface area (Å²) >= 11 is 0. The van der Waals surface area contributed by atoms with E-state index in [1.807, 2.05) is 27.7 Å². The van der Waals surface area contributed by atoms with Crippen LogP contribution < -0.4 is 5.32 Å². The Balaban J connectivity index is 0. The Kier molecular flexibility index (Phi) is 14.0. The summed E-state index contributed by atoms with van der Waals surface area (Å²) < 4.78 is 0. The van der Waals surface area contributed by atoms with Gasteiger partial charge in [0.2, 0.25) is 0 Å². The average molecular weight is 244 g/mol. The molecular weight excluding hydrogens is 208 g/mol. The first kappa shape index (κ1) is 19.3. The van der Waals surface area contributed by atoms with Crippen LogP contribution >= 0.6 is 0 Å². The Morgan fingerprint density at radius 1 is 1.06 bits per heavy atom. The van der Waals surface area contributed by atoms with Gasteiger partial charge in [-0.05, 0) is 39.4 Å². The largest absolute Gasteiger partial charge is 0.310 e. The molecule has 0 bridgehead atoms. The maximum Gasteiger partial charge on any atom is 0.0305 e. The average Bonchev–Trinajstić information content (AvgIpc) is 2.57. The highest BCUT2D eigenvalue weighted by Gasteiger charge is 2.29. The van der Waals surface area contributed by atoms with Crippen LogP contribution in [0.15, 0.2) is 0 Å². The third-order valence-corrected chi connectivity index (χ3v) is 3.25. The molecule has 0 saturated carbocycles. The molecule has 0 aromatic heterocycles. The van der Waals surface area contributed by atoms with Gasteiger partial charge in [-0.1, -0.05) is 48.0 Å². The van der Waals surface area contributed by atoms with Gasteiger partial charge in [-0.15, -0.1) is 0 Å². The van der Waals surface area contributed by atoms with Gasteiger partial charge in [0.15, 0.2) is 0 Å². The summed E-state index contributed by atoms with van der Waals surface area (Å²) in [5.41, 5.74) is 0.403. The van der Waals surface area contributed by atoms with Gasteiger partial charge in [0.1, 0.15) is 0 Å². The minimum Gasteiger partial charge on any atom is -0.310 e. The van der Waals surface area contributed by atoms with Crippen LogP contribution in [0.2, 0.25) is 0 Å². The zero-order valence-corrected chi connectivity index (χ0v) is 13.4. The smallest absolute Gasteiger partial charge is 0.0305 e. The zero-order chi connectivity index (χ0) is 13.7. The Bertz CT molecular complexity index is 148. The van der Waals surface area contributed by atoms with E-state index in [0.29, 0.717) is 5.54 Å². The number of likely N-dealkylation sites (tertiary alicyclic amines) is 1. The van der Waals surface area contributed by atoms with Crippen molar-refractivity contribution in [2.75, 3.05) is 26.7 Å². The molecule has 1 aliphatic heterocycles. The summed E-state index contributed by atoms with van der Waals surface area (Å²) in [7, 11) is 2.24. The quantitative estimate of drug-likeness (QED) is 0.809. The number of nitrogens with one attached hydrogen (secondary N) is 1. The van der Waals surface area contributed by atoms with Crippen LogP contribution in [0, 0.1) is 0 Å². The Morgan fingerprint density at radius 2 is 1.65 bits per heavy atom. The summed E-state index contributed by atoms with van der Waals surface area (Å²) in [6.45, 7) is 16.1. The first-order valence-electron chi connectivity index (χ1n) is 7.66. The van der Waals surface area contributed by atoms with Crippen molar-refractivity contribution in [1.29, 1.82) is 0 Å². The molecule has 0 aliphatic carbocycles. The second-order valence-corrected chi connectivity index (χ2v) is 4.36. The predicted molar refractivity (Wildman–Crippen MR) is 80.7 cm³/mol. The molecule has 0 aromatic rings. The highest BCUT2D eigenvalue weighted by Crippen LogP contribution is 2.23. The number of rotatable bonds is 3. The molecule has 1 heterocycles. The van der Waals surface area contributed by atoms with Crippen LogP contribution in [0.5, 0.6) is 0 Å². The zero-order valence-electron chi connectivity index (χ0n) is 13.4. The molecule has 0 aromatic carbocycles. The van der Waals surface area contributed by atoms with E-state index in [0.717, 1.165) is 6.54 Å². The monoisotopic (exact) mass is 244 g/mol. The minimum atomic E-state index is 0.403. The summed E-state index contributed by atoms with van der Waals surface area (Å²) in [5, 5.41) is 3.68. The van der Waals surface area contributed by atoms with Crippen LogP contribution in [0.1, 0.15) is 67.2 Å². The third kappa shape index (κ3) is 7.77. The highest BCUT2D eigenvalue weighted by atomic mass is 15.1. The fourth-order valence-corrected chi connectivity index (χ4v) is 2.45. The Hall–Kier alpha value is -0.0800. The van der Waals surface area contributed by atoms with E-state index < -0.39 is 0 Å². The molecule has 1 atom stereocenters. The molecule has 17 heavy (non-hydrogen) atoms. The van der Waals surface area contributed by atoms with Crippen molar-refractivity contribution in [3.05, 3.63) is 0 Å². The first-order chi connectivity index (χ1) is 8.22. The molecule has 0 amide bonds. The van der Waals surface area contributed by atoms with Crippen LogP contribution in [-0.4, -0.2) is 37.1 Å². The molecule has 0 spiro atoms. The lowest BCUT2D eigenvalue weighted by molar-refractivity contribution is 0.217. The number of nitrogens with zero attached hydrogens (tertiary/aromatic N) is 1. The minimum absolute atomic E-state index is 0.403. The van der Waals surface area contributed by atoms with Crippen LogP contribution in [0.25, 0.3) is 0 Å². The van der Waals surface area contributed by atoms with Crippen molar-refractivity contribution in [2.24, 2.45) is 0 Å². The van der Waals surface area contributed by atoms with Crippen LogP contribution in [0.3, 0.4) is 0 Å². The van der Waals surface area contributed by atoms with E-state index in [1.54, 1.807) is 0 Å². The lowest BCUT2D eigenvalue weighted by Crippen LogP contribution is -2.51. The van der Waals surface area contributed by atoms with Gasteiger partial charge in [0, 0.05) is 12.1 Å². The first-order valence-corrected chi connectivity index (χ1v) is 7.66. The molecule has 0 radical (unpaired) electrons. The van der Waals surface area contributed by atoms with E-state index in [4.69, 9.17) is 0 Å². The van der Waals surface area contributed by atoms with Crippen molar-refractivity contribution >= 4 is 0 Å².